The number of guanidine groups is 1. The minimum absolute atomic E-state index is 0.0312. The summed E-state index contributed by atoms with van der Waals surface area (Å²) in [5.41, 5.74) is 22.8. The SMILES string of the molecule is NCCCCC(N)C(=O)NC(CCCN=C(N)N)C(=O)NC(Cc1ccccc1)C(=O)NC(CO)C(=O)O. The Kier molecular flexibility index (Phi) is 15.0. The molecule has 1 aromatic carbocycles. The molecule has 0 radical (unpaired) electrons. The largest absolute Gasteiger partial charge is 0.480 e. The lowest BCUT2D eigenvalue weighted by atomic mass is 10.0. The maximum Gasteiger partial charge on any atom is 0.328 e. The van der Waals surface area contributed by atoms with Gasteiger partial charge in [-0.15, -0.1) is 0 Å². The van der Waals surface area contributed by atoms with Crippen LogP contribution in [-0.2, 0) is 25.6 Å². The van der Waals surface area contributed by atoms with Crippen molar-refractivity contribution in [3.8, 4) is 0 Å². The van der Waals surface area contributed by atoms with Gasteiger partial charge in [-0.1, -0.05) is 36.8 Å². The zero-order valence-corrected chi connectivity index (χ0v) is 21.3. The molecule has 14 heteroatoms. The molecule has 0 saturated heterocycles. The first-order valence-electron chi connectivity index (χ1n) is 12.4. The quantitative estimate of drug-likeness (QED) is 0.0531. The lowest BCUT2D eigenvalue weighted by molar-refractivity contribution is -0.143. The number of rotatable bonds is 18. The lowest BCUT2D eigenvalue weighted by Crippen LogP contribution is -2.58. The Morgan fingerprint density at radius 1 is 0.842 bits per heavy atom. The number of aliphatic carboxylic acids is 1. The first kappa shape index (κ1) is 32.3. The number of hydrogen-bond donors (Lipinski definition) is 9. The fraction of sp³-hybridized carbons (Fsp3) is 0.542. The van der Waals surface area contributed by atoms with E-state index in [-0.39, 0.29) is 25.3 Å². The van der Waals surface area contributed by atoms with E-state index in [1.165, 1.54) is 0 Å². The van der Waals surface area contributed by atoms with Crippen molar-refractivity contribution < 1.29 is 29.4 Å². The molecule has 3 amide bonds. The normalized spacial score (nSPS) is 13.9. The minimum atomic E-state index is -1.56. The molecule has 13 N–H and O–H groups in total. The summed E-state index contributed by atoms with van der Waals surface area (Å²) < 4.78 is 0. The second kappa shape index (κ2) is 17.7. The van der Waals surface area contributed by atoms with Gasteiger partial charge in [0.05, 0.1) is 12.6 Å². The molecule has 38 heavy (non-hydrogen) atoms. The summed E-state index contributed by atoms with van der Waals surface area (Å²) in [6.07, 6.45) is 2.22. The Bertz CT molecular complexity index is 926. The van der Waals surface area contributed by atoms with Crippen LogP contribution in [0.1, 0.15) is 37.7 Å². The van der Waals surface area contributed by atoms with Crippen molar-refractivity contribution >= 4 is 29.7 Å². The van der Waals surface area contributed by atoms with E-state index in [0.717, 1.165) is 0 Å². The van der Waals surface area contributed by atoms with Gasteiger partial charge in [-0.05, 0) is 37.8 Å². The number of aliphatic hydroxyl groups excluding tert-OH is 1. The number of unbranched alkanes of at least 4 members (excludes halogenated alkanes) is 1. The number of aliphatic hydroxyl groups is 1. The van der Waals surface area contributed by atoms with E-state index in [0.29, 0.717) is 37.8 Å². The van der Waals surface area contributed by atoms with Gasteiger partial charge in [-0.25, -0.2) is 4.79 Å². The Morgan fingerprint density at radius 3 is 2.03 bits per heavy atom. The summed E-state index contributed by atoms with van der Waals surface area (Å²) in [7, 11) is 0. The van der Waals surface area contributed by atoms with E-state index in [1.54, 1.807) is 30.3 Å². The molecular formula is C24H40N8O6. The highest BCUT2D eigenvalue weighted by Gasteiger charge is 2.30. The zero-order valence-electron chi connectivity index (χ0n) is 21.3. The van der Waals surface area contributed by atoms with Gasteiger partial charge < -0.3 is 49.1 Å². The predicted octanol–water partition coefficient (Wildman–Crippen LogP) is -2.73. The van der Waals surface area contributed by atoms with Gasteiger partial charge in [0.25, 0.3) is 0 Å². The highest BCUT2D eigenvalue weighted by Crippen LogP contribution is 2.07. The smallest absolute Gasteiger partial charge is 0.328 e. The lowest BCUT2D eigenvalue weighted by Gasteiger charge is -2.25. The minimum Gasteiger partial charge on any atom is -0.480 e. The third-order valence-corrected chi connectivity index (χ3v) is 5.60. The van der Waals surface area contributed by atoms with Crippen molar-refractivity contribution in [1.82, 2.24) is 16.0 Å². The summed E-state index contributed by atoms with van der Waals surface area (Å²) in [6, 6.07) is 4.06. The molecule has 1 rings (SSSR count). The predicted molar refractivity (Wildman–Crippen MR) is 141 cm³/mol. The van der Waals surface area contributed by atoms with Crippen LogP contribution in [0.25, 0.3) is 0 Å². The molecule has 4 unspecified atom stereocenters. The van der Waals surface area contributed by atoms with Gasteiger partial charge >= 0.3 is 5.97 Å². The number of nitrogens with one attached hydrogen (secondary N) is 3. The number of amides is 3. The third kappa shape index (κ3) is 12.5. The van der Waals surface area contributed by atoms with Crippen LogP contribution in [-0.4, -0.2) is 83.7 Å². The molecule has 14 nitrogen and oxygen atoms in total. The van der Waals surface area contributed by atoms with E-state index in [4.69, 9.17) is 22.9 Å². The maximum atomic E-state index is 13.3. The fourth-order valence-electron chi connectivity index (χ4n) is 3.48. The summed E-state index contributed by atoms with van der Waals surface area (Å²) >= 11 is 0. The monoisotopic (exact) mass is 536 g/mol. The number of carbonyl (C=O) groups is 4. The molecule has 0 aliphatic rings. The molecule has 0 saturated carbocycles. The summed E-state index contributed by atoms with van der Waals surface area (Å²) in [5, 5.41) is 25.9. The van der Waals surface area contributed by atoms with Gasteiger partial charge in [-0.3, -0.25) is 19.4 Å². The van der Waals surface area contributed by atoms with Crippen LogP contribution in [0.3, 0.4) is 0 Å². The summed E-state index contributed by atoms with van der Waals surface area (Å²) in [6.45, 7) is -0.165. The molecule has 1 aromatic rings. The molecule has 0 fully saturated rings. The number of carboxylic acids is 1. The molecule has 0 aliphatic carbocycles. The number of nitrogens with two attached hydrogens (primary N) is 4. The van der Waals surface area contributed by atoms with Crippen LogP contribution >= 0.6 is 0 Å². The molecule has 0 bridgehead atoms. The van der Waals surface area contributed by atoms with Crippen molar-refractivity contribution in [3.05, 3.63) is 35.9 Å². The number of carboxylic acid groups (broad SMARTS) is 1. The molecule has 4 atom stereocenters. The number of benzene rings is 1. The van der Waals surface area contributed by atoms with Crippen molar-refractivity contribution in [2.75, 3.05) is 19.7 Å². The molecule has 0 spiro atoms. The van der Waals surface area contributed by atoms with Crippen LogP contribution in [0.15, 0.2) is 35.3 Å². The number of nitrogens with zero attached hydrogens (tertiary/aromatic N) is 1. The van der Waals surface area contributed by atoms with Crippen LogP contribution in [0, 0.1) is 0 Å². The van der Waals surface area contributed by atoms with E-state index in [9.17, 15) is 29.4 Å². The van der Waals surface area contributed by atoms with E-state index < -0.39 is 54.5 Å². The van der Waals surface area contributed by atoms with Crippen LogP contribution in [0.4, 0.5) is 0 Å². The van der Waals surface area contributed by atoms with Gasteiger partial charge in [0.2, 0.25) is 17.7 Å². The molecule has 0 aliphatic heterocycles. The highest BCUT2D eigenvalue weighted by molar-refractivity contribution is 5.94. The highest BCUT2D eigenvalue weighted by atomic mass is 16.4. The van der Waals surface area contributed by atoms with Crippen LogP contribution < -0.4 is 38.9 Å². The van der Waals surface area contributed by atoms with Crippen molar-refractivity contribution in [3.63, 3.8) is 0 Å². The van der Waals surface area contributed by atoms with Gasteiger partial charge in [0.15, 0.2) is 5.96 Å². The van der Waals surface area contributed by atoms with Crippen molar-refractivity contribution in [1.29, 1.82) is 0 Å². The topological polar surface area (TPSA) is 261 Å². The molecule has 0 aromatic heterocycles. The third-order valence-electron chi connectivity index (χ3n) is 5.60. The Hall–Kier alpha value is -3.75. The fourth-order valence-corrected chi connectivity index (χ4v) is 3.48. The Labute approximate surface area is 221 Å². The number of aliphatic imine (C=N–C) groups is 1. The van der Waals surface area contributed by atoms with E-state index in [2.05, 4.69) is 20.9 Å². The standard InChI is InChI=1S/C24H40N8O6/c25-11-5-4-9-16(26)20(34)30-17(10-6-12-29-24(27)28)21(35)31-18(13-15-7-2-1-3-8-15)22(36)32-19(14-33)23(37)38/h1-3,7-8,16-19,33H,4-6,9-14,25-26H2,(H,30,34)(H,31,35)(H,32,36)(H,37,38)(H4,27,28,29). The second-order valence-electron chi connectivity index (χ2n) is 8.73. The zero-order chi connectivity index (χ0) is 28.5. The number of hydrogen-bond acceptors (Lipinski definition) is 8. The van der Waals surface area contributed by atoms with Crippen LogP contribution in [0.2, 0.25) is 0 Å². The molecule has 0 heterocycles. The average molecular weight is 537 g/mol. The first-order valence-corrected chi connectivity index (χ1v) is 12.4. The van der Waals surface area contributed by atoms with E-state index >= 15 is 0 Å². The van der Waals surface area contributed by atoms with Gasteiger partial charge in [-0.2, -0.15) is 0 Å². The van der Waals surface area contributed by atoms with Crippen molar-refractivity contribution in [2.45, 2.75) is 62.7 Å². The molecule has 212 valence electrons. The average Bonchev–Trinajstić information content (AvgIpc) is 2.88. The van der Waals surface area contributed by atoms with Crippen molar-refractivity contribution in [2.24, 2.45) is 27.9 Å². The Morgan fingerprint density at radius 2 is 1.45 bits per heavy atom. The maximum absolute atomic E-state index is 13.3. The van der Waals surface area contributed by atoms with Gasteiger partial charge in [0, 0.05) is 13.0 Å². The number of carbonyl (C=O) groups excluding carboxylic acids is 3. The summed E-state index contributed by atoms with van der Waals surface area (Å²) in [5.74, 6) is -3.58. The Balaban J connectivity index is 3.07. The van der Waals surface area contributed by atoms with E-state index in [1.807, 2.05) is 0 Å². The second-order valence-corrected chi connectivity index (χ2v) is 8.73. The van der Waals surface area contributed by atoms with Crippen LogP contribution in [0.5, 0.6) is 0 Å². The first-order chi connectivity index (χ1) is 18.1. The van der Waals surface area contributed by atoms with Gasteiger partial charge in [0.1, 0.15) is 18.1 Å². The molecular weight excluding hydrogens is 496 g/mol. The summed E-state index contributed by atoms with van der Waals surface area (Å²) in [4.78, 5) is 54.0.